The highest BCUT2D eigenvalue weighted by atomic mass is 35.5. The largest absolute Gasteiger partial charge is 0.492 e. The lowest BCUT2D eigenvalue weighted by Gasteiger charge is -2.09. The van der Waals surface area contributed by atoms with Crippen molar-refractivity contribution >= 4 is 11.6 Å². The SMILES string of the molecule is CC(C)CNCCCNCCOc1cccc(Cl)c1. The number of halogens is 1. The molecule has 3 nitrogen and oxygen atoms in total. The average molecular weight is 285 g/mol. The topological polar surface area (TPSA) is 33.3 Å². The molecule has 0 radical (unpaired) electrons. The molecule has 0 saturated heterocycles. The fraction of sp³-hybridized carbons (Fsp3) is 0.600. The van der Waals surface area contributed by atoms with E-state index in [4.69, 9.17) is 16.3 Å². The van der Waals surface area contributed by atoms with Crippen molar-refractivity contribution in [2.75, 3.05) is 32.8 Å². The van der Waals surface area contributed by atoms with Gasteiger partial charge in [-0.15, -0.1) is 0 Å². The first-order chi connectivity index (χ1) is 9.18. The second-order valence-electron chi connectivity index (χ2n) is 5.01. The predicted octanol–water partition coefficient (Wildman–Crippen LogP) is 2.94. The van der Waals surface area contributed by atoms with Crippen molar-refractivity contribution in [2.45, 2.75) is 20.3 Å². The van der Waals surface area contributed by atoms with Crippen LogP contribution in [-0.2, 0) is 0 Å². The van der Waals surface area contributed by atoms with Gasteiger partial charge in [0.15, 0.2) is 0 Å². The van der Waals surface area contributed by atoms with Crippen LogP contribution in [0.2, 0.25) is 5.02 Å². The van der Waals surface area contributed by atoms with Crippen LogP contribution in [0.1, 0.15) is 20.3 Å². The highest BCUT2D eigenvalue weighted by Crippen LogP contribution is 2.16. The van der Waals surface area contributed by atoms with Gasteiger partial charge in [-0.25, -0.2) is 0 Å². The zero-order valence-corrected chi connectivity index (χ0v) is 12.7. The van der Waals surface area contributed by atoms with Gasteiger partial charge in [0.05, 0.1) is 0 Å². The monoisotopic (exact) mass is 284 g/mol. The quantitative estimate of drug-likeness (QED) is 0.648. The standard InChI is InChI=1S/C15H25ClN2O/c1-13(2)12-18-8-4-7-17-9-10-19-15-6-3-5-14(16)11-15/h3,5-6,11,13,17-18H,4,7-10,12H2,1-2H3. The van der Waals surface area contributed by atoms with Crippen molar-refractivity contribution in [2.24, 2.45) is 5.92 Å². The van der Waals surface area contributed by atoms with Gasteiger partial charge in [0.1, 0.15) is 12.4 Å². The van der Waals surface area contributed by atoms with Crippen LogP contribution in [-0.4, -0.2) is 32.8 Å². The molecule has 0 heterocycles. The smallest absolute Gasteiger partial charge is 0.120 e. The first-order valence-corrected chi connectivity index (χ1v) is 7.36. The molecular weight excluding hydrogens is 260 g/mol. The summed E-state index contributed by atoms with van der Waals surface area (Å²) < 4.78 is 5.58. The third-order valence-electron chi connectivity index (χ3n) is 2.60. The number of benzene rings is 1. The van der Waals surface area contributed by atoms with E-state index in [2.05, 4.69) is 24.5 Å². The van der Waals surface area contributed by atoms with E-state index < -0.39 is 0 Å². The molecule has 0 aliphatic heterocycles. The lowest BCUT2D eigenvalue weighted by atomic mass is 10.2. The second-order valence-corrected chi connectivity index (χ2v) is 5.44. The van der Waals surface area contributed by atoms with Gasteiger partial charge in [-0.05, 0) is 50.2 Å². The highest BCUT2D eigenvalue weighted by Gasteiger charge is 1.95. The molecule has 19 heavy (non-hydrogen) atoms. The number of rotatable bonds is 10. The molecule has 1 rings (SSSR count). The first kappa shape index (κ1) is 16.3. The zero-order valence-electron chi connectivity index (χ0n) is 11.9. The first-order valence-electron chi connectivity index (χ1n) is 6.98. The Bertz CT molecular complexity index is 345. The molecule has 108 valence electrons. The minimum atomic E-state index is 0.666. The molecule has 0 saturated carbocycles. The molecule has 1 aromatic carbocycles. The Hall–Kier alpha value is -0.770. The Morgan fingerprint density at radius 1 is 1.16 bits per heavy atom. The Balaban J connectivity index is 1.91. The van der Waals surface area contributed by atoms with Crippen molar-refractivity contribution in [1.82, 2.24) is 10.6 Å². The van der Waals surface area contributed by atoms with Crippen LogP contribution in [0.25, 0.3) is 0 Å². The van der Waals surface area contributed by atoms with Crippen molar-refractivity contribution in [1.29, 1.82) is 0 Å². The van der Waals surface area contributed by atoms with Gasteiger partial charge in [0.2, 0.25) is 0 Å². The van der Waals surface area contributed by atoms with Crippen LogP contribution in [0.3, 0.4) is 0 Å². The molecule has 0 spiro atoms. The molecule has 4 heteroatoms. The summed E-state index contributed by atoms with van der Waals surface area (Å²) in [6.45, 7) is 9.15. The average Bonchev–Trinajstić information content (AvgIpc) is 2.36. The molecule has 0 aromatic heterocycles. The zero-order chi connectivity index (χ0) is 13.9. The summed E-state index contributed by atoms with van der Waals surface area (Å²) in [6.07, 6.45) is 1.14. The van der Waals surface area contributed by atoms with Crippen molar-refractivity contribution < 1.29 is 4.74 Å². The van der Waals surface area contributed by atoms with Gasteiger partial charge in [-0.2, -0.15) is 0 Å². The van der Waals surface area contributed by atoms with E-state index in [1.807, 2.05) is 24.3 Å². The molecular formula is C15H25ClN2O. The predicted molar refractivity (Wildman–Crippen MR) is 82.1 cm³/mol. The Morgan fingerprint density at radius 3 is 2.68 bits per heavy atom. The van der Waals surface area contributed by atoms with E-state index in [0.29, 0.717) is 11.6 Å². The summed E-state index contributed by atoms with van der Waals surface area (Å²) in [5.74, 6) is 1.55. The van der Waals surface area contributed by atoms with Crippen molar-refractivity contribution in [3.63, 3.8) is 0 Å². The molecule has 0 bridgehead atoms. The second kappa shape index (κ2) is 10.1. The van der Waals surface area contributed by atoms with Gasteiger partial charge in [0, 0.05) is 11.6 Å². The van der Waals surface area contributed by atoms with E-state index in [-0.39, 0.29) is 0 Å². The maximum Gasteiger partial charge on any atom is 0.120 e. The molecule has 0 fully saturated rings. The normalized spacial score (nSPS) is 10.9. The van der Waals surface area contributed by atoms with Crippen molar-refractivity contribution in [3.05, 3.63) is 29.3 Å². The molecule has 0 aliphatic carbocycles. The molecule has 2 N–H and O–H groups in total. The van der Waals surface area contributed by atoms with E-state index in [9.17, 15) is 0 Å². The maximum atomic E-state index is 5.88. The highest BCUT2D eigenvalue weighted by molar-refractivity contribution is 6.30. The third kappa shape index (κ3) is 8.87. The summed E-state index contributed by atoms with van der Waals surface area (Å²) >= 11 is 5.88. The van der Waals surface area contributed by atoms with E-state index in [0.717, 1.165) is 44.3 Å². The Labute approximate surface area is 121 Å². The van der Waals surface area contributed by atoms with Gasteiger partial charge < -0.3 is 15.4 Å². The summed E-state index contributed by atoms with van der Waals surface area (Å²) in [4.78, 5) is 0. The molecule has 0 atom stereocenters. The number of hydrogen-bond donors (Lipinski definition) is 2. The van der Waals surface area contributed by atoms with E-state index in [1.54, 1.807) is 0 Å². The van der Waals surface area contributed by atoms with Crippen LogP contribution in [0.5, 0.6) is 5.75 Å². The number of ether oxygens (including phenoxy) is 1. The summed E-state index contributed by atoms with van der Waals surface area (Å²) in [7, 11) is 0. The van der Waals surface area contributed by atoms with Crippen LogP contribution in [0, 0.1) is 5.92 Å². The molecule has 0 aliphatic rings. The van der Waals surface area contributed by atoms with Gasteiger partial charge in [-0.3, -0.25) is 0 Å². The Kier molecular flexibility index (Phi) is 8.63. The van der Waals surface area contributed by atoms with E-state index in [1.165, 1.54) is 0 Å². The molecule has 1 aromatic rings. The summed E-state index contributed by atoms with van der Waals surface area (Å²) in [5.41, 5.74) is 0. The van der Waals surface area contributed by atoms with Crippen LogP contribution >= 0.6 is 11.6 Å². The summed E-state index contributed by atoms with van der Waals surface area (Å²) in [5, 5.41) is 7.49. The fourth-order valence-corrected chi connectivity index (χ4v) is 1.83. The number of hydrogen-bond acceptors (Lipinski definition) is 3. The van der Waals surface area contributed by atoms with Crippen molar-refractivity contribution in [3.8, 4) is 5.75 Å². The lowest BCUT2D eigenvalue weighted by Crippen LogP contribution is -2.27. The van der Waals surface area contributed by atoms with E-state index >= 15 is 0 Å². The third-order valence-corrected chi connectivity index (χ3v) is 2.84. The molecule has 0 amide bonds. The van der Waals surface area contributed by atoms with Gasteiger partial charge in [0.25, 0.3) is 0 Å². The maximum absolute atomic E-state index is 5.88. The van der Waals surface area contributed by atoms with Crippen LogP contribution in [0.4, 0.5) is 0 Å². The minimum Gasteiger partial charge on any atom is -0.492 e. The van der Waals surface area contributed by atoms with Crippen LogP contribution in [0.15, 0.2) is 24.3 Å². The Morgan fingerprint density at radius 2 is 1.95 bits per heavy atom. The van der Waals surface area contributed by atoms with Gasteiger partial charge >= 0.3 is 0 Å². The minimum absolute atomic E-state index is 0.666. The van der Waals surface area contributed by atoms with Gasteiger partial charge in [-0.1, -0.05) is 31.5 Å². The fourth-order valence-electron chi connectivity index (χ4n) is 1.65. The summed E-state index contributed by atoms with van der Waals surface area (Å²) in [6, 6.07) is 7.49. The lowest BCUT2D eigenvalue weighted by molar-refractivity contribution is 0.313. The molecule has 0 unspecified atom stereocenters. The number of nitrogens with one attached hydrogen (secondary N) is 2. The van der Waals surface area contributed by atoms with Crippen LogP contribution < -0.4 is 15.4 Å².